The molecular weight excluding hydrogens is 462 g/mol. The second kappa shape index (κ2) is 9.16. The number of benzene rings is 2. The van der Waals surface area contributed by atoms with Crippen molar-refractivity contribution in [1.82, 2.24) is 4.90 Å². The van der Waals surface area contributed by atoms with Crippen LogP contribution in [0.15, 0.2) is 53.4 Å². The number of hydrogen-bond donors (Lipinski definition) is 1. The number of anilines is 2. The lowest BCUT2D eigenvalue weighted by molar-refractivity contribution is -0.126. The van der Waals surface area contributed by atoms with Crippen molar-refractivity contribution >= 4 is 68.9 Å². The van der Waals surface area contributed by atoms with Gasteiger partial charge in [-0.15, -0.1) is 0 Å². The minimum atomic E-state index is -0.581. The molecule has 0 spiro atoms. The maximum atomic E-state index is 13.1. The second-order valence-corrected chi connectivity index (χ2v) is 8.79. The van der Waals surface area contributed by atoms with Gasteiger partial charge in [0.15, 0.2) is 0 Å². The van der Waals surface area contributed by atoms with Crippen molar-refractivity contribution in [2.75, 3.05) is 23.4 Å². The van der Waals surface area contributed by atoms with Gasteiger partial charge in [0.25, 0.3) is 11.8 Å². The van der Waals surface area contributed by atoms with Gasteiger partial charge in [-0.05, 0) is 37.3 Å². The lowest BCUT2D eigenvalue weighted by Gasteiger charge is -2.14. The lowest BCUT2D eigenvalue weighted by Crippen LogP contribution is -2.36. The highest BCUT2D eigenvalue weighted by molar-refractivity contribution is 8.26. The number of imide groups is 1. The average Bonchev–Trinajstić information content (AvgIpc) is 3.22. The fourth-order valence-electron chi connectivity index (χ4n) is 3.58. The van der Waals surface area contributed by atoms with E-state index in [2.05, 4.69) is 5.32 Å². The van der Waals surface area contributed by atoms with Crippen LogP contribution in [0.3, 0.4) is 0 Å². The van der Waals surface area contributed by atoms with E-state index in [1.54, 1.807) is 48.5 Å². The van der Waals surface area contributed by atoms with Gasteiger partial charge in [0.2, 0.25) is 11.8 Å². The predicted molar refractivity (Wildman–Crippen MR) is 130 cm³/mol. The summed E-state index contributed by atoms with van der Waals surface area (Å²) in [6.45, 7) is 3.39. The monoisotopic (exact) mass is 481 g/mol. The summed E-state index contributed by atoms with van der Waals surface area (Å²) >= 11 is 6.27. The number of hydrogen-bond acceptors (Lipinski definition) is 7. The molecule has 2 aromatic carbocycles. The molecule has 8 nitrogen and oxygen atoms in total. The number of para-hydroxylation sites is 1. The van der Waals surface area contributed by atoms with E-state index in [1.165, 1.54) is 6.92 Å². The summed E-state index contributed by atoms with van der Waals surface area (Å²) in [5.41, 5.74) is 1.57. The minimum Gasteiger partial charge on any atom is -0.494 e. The zero-order chi connectivity index (χ0) is 23.7. The van der Waals surface area contributed by atoms with Crippen LogP contribution < -0.4 is 15.0 Å². The number of fused-ring (bicyclic) bond motifs is 1. The van der Waals surface area contributed by atoms with Gasteiger partial charge in [-0.25, -0.2) is 4.90 Å². The highest BCUT2D eigenvalue weighted by atomic mass is 32.2. The summed E-state index contributed by atoms with van der Waals surface area (Å²) in [5, 5.41) is 2.72. The number of nitrogens with zero attached hydrogens (tertiary/aromatic N) is 2. The number of ether oxygens (including phenoxy) is 1. The Morgan fingerprint density at radius 3 is 2.42 bits per heavy atom. The third kappa shape index (κ3) is 4.27. The molecule has 1 fully saturated rings. The van der Waals surface area contributed by atoms with Crippen molar-refractivity contribution in [3.8, 4) is 5.75 Å². The third-order valence-electron chi connectivity index (χ3n) is 4.97. The van der Waals surface area contributed by atoms with E-state index in [0.29, 0.717) is 29.3 Å². The van der Waals surface area contributed by atoms with Crippen molar-refractivity contribution in [2.45, 2.75) is 13.8 Å². The first kappa shape index (κ1) is 22.7. The number of thioether (sulfide) groups is 1. The van der Waals surface area contributed by atoms with Gasteiger partial charge in [0, 0.05) is 18.2 Å². The third-order valence-corrected chi connectivity index (χ3v) is 6.42. The number of amides is 4. The first-order valence-corrected chi connectivity index (χ1v) is 11.3. The predicted octanol–water partition coefficient (Wildman–Crippen LogP) is 3.19. The Bertz CT molecular complexity index is 1220. The molecule has 168 valence electrons. The van der Waals surface area contributed by atoms with Gasteiger partial charge in [-0.2, -0.15) is 0 Å². The Kier molecular flexibility index (Phi) is 6.30. The van der Waals surface area contributed by atoms with Crippen LogP contribution in [0.2, 0.25) is 0 Å². The van der Waals surface area contributed by atoms with Crippen LogP contribution in [-0.2, 0) is 19.2 Å². The van der Waals surface area contributed by atoms with Crippen LogP contribution in [0.25, 0.3) is 5.57 Å². The molecule has 2 aromatic rings. The molecule has 10 heteroatoms. The second-order valence-electron chi connectivity index (χ2n) is 7.15. The SMILES string of the molecule is CCOc1ccc(NC(=O)CN2C(=O)C(=C3C(=O)N(C(C)=O)c4ccccc43)SC2=S)cc1. The summed E-state index contributed by atoms with van der Waals surface area (Å²) in [5.74, 6) is -1.34. The van der Waals surface area contributed by atoms with Crippen LogP contribution in [0.1, 0.15) is 19.4 Å². The molecule has 2 heterocycles. The Morgan fingerprint density at radius 1 is 1.06 bits per heavy atom. The summed E-state index contributed by atoms with van der Waals surface area (Å²) < 4.78 is 5.54. The van der Waals surface area contributed by atoms with Gasteiger partial charge < -0.3 is 10.1 Å². The molecule has 1 N–H and O–H groups in total. The van der Waals surface area contributed by atoms with E-state index in [9.17, 15) is 19.2 Å². The average molecular weight is 482 g/mol. The van der Waals surface area contributed by atoms with Crippen LogP contribution in [0.4, 0.5) is 11.4 Å². The van der Waals surface area contributed by atoms with E-state index in [4.69, 9.17) is 17.0 Å². The molecule has 4 rings (SSSR count). The smallest absolute Gasteiger partial charge is 0.267 e. The maximum Gasteiger partial charge on any atom is 0.267 e. The zero-order valence-corrected chi connectivity index (χ0v) is 19.4. The number of carbonyl (C=O) groups excluding carboxylic acids is 4. The van der Waals surface area contributed by atoms with Crippen molar-refractivity contribution in [3.63, 3.8) is 0 Å². The molecule has 0 aliphatic carbocycles. The molecule has 4 amide bonds. The quantitative estimate of drug-likeness (QED) is 0.518. The number of rotatable bonds is 5. The fourth-order valence-corrected chi connectivity index (χ4v) is 4.91. The Hall–Kier alpha value is -3.50. The van der Waals surface area contributed by atoms with Crippen molar-refractivity contribution in [1.29, 1.82) is 0 Å². The Morgan fingerprint density at radius 2 is 1.76 bits per heavy atom. The topological polar surface area (TPSA) is 96.0 Å². The van der Waals surface area contributed by atoms with E-state index < -0.39 is 23.6 Å². The number of carbonyl (C=O) groups is 4. The summed E-state index contributed by atoms with van der Waals surface area (Å²) in [7, 11) is 0. The molecule has 0 aromatic heterocycles. The van der Waals surface area contributed by atoms with E-state index in [-0.39, 0.29) is 21.3 Å². The van der Waals surface area contributed by atoms with Crippen LogP contribution in [-0.4, -0.2) is 46.0 Å². The van der Waals surface area contributed by atoms with Crippen LogP contribution in [0.5, 0.6) is 5.75 Å². The fraction of sp³-hybridized carbons (Fsp3) is 0.174. The number of thiocarbonyl (C=S) groups is 1. The highest BCUT2D eigenvalue weighted by Gasteiger charge is 2.43. The van der Waals surface area contributed by atoms with E-state index in [1.807, 2.05) is 6.92 Å². The largest absolute Gasteiger partial charge is 0.494 e. The van der Waals surface area contributed by atoms with Gasteiger partial charge in [-0.1, -0.05) is 42.2 Å². The van der Waals surface area contributed by atoms with E-state index >= 15 is 0 Å². The van der Waals surface area contributed by atoms with Crippen molar-refractivity contribution < 1.29 is 23.9 Å². The molecule has 0 saturated carbocycles. The Balaban J connectivity index is 1.55. The molecule has 33 heavy (non-hydrogen) atoms. The molecular formula is C23H19N3O5S2. The van der Waals surface area contributed by atoms with Gasteiger partial charge in [0.1, 0.15) is 16.6 Å². The molecule has 2 aliphatic rings. The van der Waals surface area contributed by atoms with Crippen LogP contribution in [0, 0.1) is 0 Å². The molecule has 0 unspecified atom stereocenters. The molecule has 0 radical (unpaired) electrons. The molecule has 2 aliphatic heterocycles. The molecule has 1 saturated heterocycles. The number of nitrogens with one attached hydrogen (secondary N) is 1. The van der Waals surface area contributed by atoms with Crippen molar-refractivity contribution in [2.24, 2.45) is 0 Å². The first-order valence-electron chi connectivity index (χ1n) is 10.1. The van der Waals surface area contributed by atoms with Gasteiger partial charge in [0.05, 0.1) is 22.8 Å². The normalized spacial score (nSPS) is 17.5. The molecule has 0 atom stereocenters. The maximum absolute atomic E-state index is 13.1. The minimum absolute atomic E-state index is 0.107. The van der Waals surface area contributed by atoms with Crippen LogP contribution >= 0.6 is 24.0 Å². The van der Waals surface area contributed by atoms with Gasteiger partial charge in [-0.3, -0.25) is 24.1 Å². The molecule has 0 bridgehead atoms. The Labute approximate surface area is 199 Å². The first-order chi connectivity index (χ1) is 15.8. The summed E-state index contributed by atoms with van der Waals surface area (Å²) in [6.07, 6.45) is 0. The van der Waals surface area contributed by atoms with Crippen molar-refractivity contribution in [3.05, 3.63) is 59.0 Å². The lowest BCUT2D eigenvalue weighted by atomic mass is 10.1. The summed E-state index contributed by atoms with van der Waals surface area (Å²) in [6, 6.07) is 13.6. The van der Waals surface area contributed by atoms with Gasteiger partial charge >= 0.3 is 0 Å². The summed E-state index contributed by atoms with van der Waals surface area (Å²) in [4.78, 5) is 53.1. The highest BCUT2D eigenvalue weighted by Crippen LogP contribution is 2.44. The van der Waals surface area contributed by atoms with E-state index in [0.717, 1.165) is 21.6 Å². The standard InChI is InChI=1S/C23H19N3O5S2/c1-3-31-15-10-8-14(9-11-15)24-18(28)12-25-22(30)20(33-23(25)32)19-16-6-4-5-7-17(16)26(13(2)27)21(19)29/h4-11H,3,12H2,1-2H3,(H,24,28). The zero-order valence-electron chi connectivity index (χ0n) is 17.8.